The predicted molar refractivity (Wildman–Crippen MR) is 77.3 cm³/mol. The first-order chi connectivity index (χ1) is 10.2. The van der Waals surface area contributed by atoms with E-state index in [9.17, 15) is 14.7 Å². The molecular weight excluding hydrogens is 293 g/mol. The van der Waals surface area contributed by atoms with Crippen LogP contribution in [-0.2, 0) is 16.1 Å². The van der Waals surface area contributed by atoms with Crippen molar-refractivity contribution in [1.29, 1.82) is 0 Å². The van der Waals surface area contributed by atoms with E-state index >= 15 is 0 Å². The number of ether oxygens (including phenoxy) is 1. The summed E-state index contributed by atoms with van der Waals surface area (Å²) in [6.07, 6.45) is 4.06. The molecule has 6 heteroatoms. The van der Waals surface area contributed by atoms with E-state index in [-0.39, 0.29) is 42.6 Å². The van der Waals surface area contributed by atoms with Gasteiger partial charge < -0.3 is 20.0 Å². The summed E-state index contributed by atoms with van der Waals surface area (Å²) in [5, 5.41) is 12.9. The maximum atomic E-state index is 11.4. The molecule has 1 amide bonds. The number of carboxylic acid groups (broad SMARTS) is 1. The van der Waals surface area contributed by atoms with Gasteiger partial charge in [-0.3, -0.25) is 0 Å². The third-order valence-electron chi connectivity index (χ3n) is 3.04. The summed E-state index contributed by atoms with van der Waals surface area (Å²) in [7, 11) is 0. The molecule has 0 fully saturated rings. The fraction of sp³-hybridized carbons (Fsp3) is 0.500. The van der Waals surface area contributed by atoms with Crippen molar-refractivity contribution in [3.05, 3.63) is 35.9 Å². The number of hydrogen-bond donors (Lipinski definition) is 1. The fourth-order valence-electron chi connectivity index (χ4n) is 1.89. The minimum atomic E-state index is -0.988. The number of aliphatic carboxylic acids is 1. The van der Waals surface area contributed by atoms with E-state index < -0.39 is 12.1 Å². The number of rotatable bonds is 10. The van der Waals surface area contributed by atoms with Gasteiger partial charge in [-0.1, -0.05) is 49.6 Å². The molecule has 0 saturated carbocycles. The van der Waals surface area contributed by atoms with Gasteiger partial charge in [0.25, 0.3) is 0 Å². The van der Waals surface area contributed by atoms with Gasteiger partial charge in [0.1, 0.15) is 6.61 Å². The third-order valence-corrected chi connectivity index (χ3v) is 3.04. The second kappa shape index (κ2) is 13.6. The molecule has 0 aliphatic rings. The first-order valence-corrected chi connectivity index (χ1v) is 7.33. The van der Waals surface area contributed by atoms with Crippen molar-refractivity contribution in [2.75, 3.05) is 6.54 Å². The topological polar surface area (TPSA) is 78.5 Å². The minimum Gasteiger partial charge on any atom is -0.550 e. The van der Waals surface area contributed by atoms with Gasteiger partial charge in [-0.25, -0.2) is 4.79 Å². The molecule has 0 atom stereocenters. The normalized spacial score (nSPS) is 9.64. The number of nitrogens with one attached hydrogen (secondary N) is 1. The maximum Gasteiger partial charge on any atom is 1.00 e. The average molecular weight is 315 g/mol. The largest absolute Gasteiger partial charge is 1.00 e. The van der Waals surface area contributed by atoms with Gasteiger partial charge in [-0.05, 0) is 24.8 Å². The number of benzene rings is 1. The van der Waals surface area contributed by atoms with Crippen LogP contribution in [0.2, 0.25) is 0 Å². The third kappa shape index (κ3) is 11.6. The molecule has 1 rings (SSSR count). The average Bonchev–Trinajstić information content (AvgIpc) is 2.48. The quantitative estimate of drug-likeness (QED) is 0.444. The Labute approximate surface area is 153 Å². The summed E-state index contributed by atoms with van der Waals surface area (Å²) in [6, 6.07) is 9.52. The molecule has 0 radical (unpaired) electrons. The van der Waals surface area contributed by atoms with Crippen molar-refractivity contribution < 1.29 is 49.0 Å². The van der Waals surface area contributed by atoms with Gasteiger partial charge in [-0.2, -0.15) is 0 Å². The molecule has 0 bridgehead atoms. The SMILES string of the molecule is O=C([O-])CCCCCCCNC(=O)OCc1ccccc1.[Na+]. The van der Waals surface area contributed by atoms with Crippen molar-refractivity contribution in [3.63, 3.8) is 0 Å². The van der Waals surface area contributed by atoms with Crippen LogP contribution in [0.4, 0.5) is 4.79 Å². The number of carbonyl (C=O) groups excluding carboxylic acids is 2. The Bertz CT molecular complexity index is 425. The Balaban J connectivity index is 0.00000441. The number of carbonyl (C=O) groups is 2. The van der Waals surface area contributed by atoms with Crippen molar-refractivity contribution in [2.24, 2.45) is 0 Å². The molecule has 0 heterocycles. The Morgan fingerprint density at radius 3 is 2.32 bits per heavy atom. The molecule has 0 aliphatic heterocycles. The Kier molecular flexibility index (Phi) is 13.0. The molecule has 22 heavy (non-hydrogen) atoms. The Morgan fingerprint density at radius 2 is 1.64 bits per heavy atom. The number of unbranched alkanes of at least 4 members (excludes halogenated alkanes) is 4. The van der Waals surface area contributed by atoms with Crippen LogP contribution in [0.1, 0.15) is 44.1 Å². The molecule has 1 aromatic rings. The van der Waals surface area contributed by atoms with E-state index in [2.05, 4.69) is 5.32 Å². The number of alkyl carbamates (subject to hydrolysis) is 1. The molecule has 0 unspecified atom stereocenters. The van der Waals surface area contributed by atoms with E-state index in [4.69, 9.17) is 4.74 Å². The summed E-state index contributed by atoms with van der Waals surface area (Å²) in [5.74, 6) is -0.988. The van der Waals surface area contributed by atoms with E-state index in [1.165, 1.54) is 0 Å². The first kappa shape index (κ1) is 21.0. The molecule has 116 valence electrons. The molecule has 5 nitrogen and oxygen atoms in total. The molecular formula is C16H22NNaO4. The van der Waals surface area contributed by atoms with Crippen LogP contribution < -0.4 is 40.0 Å². The Hall–Kier alpha value is -1.04. The van der Waals surface area contributed by atoms with Gasteiger partial charge in [0.05, 0.1) is 0 Å². The zero-order valence-corrected chi connectivity index (χ0v) is 15.2. The van der Waals surface area contributed by atoms with Gasteiger partial charge in [0, 0.05) is 12.5 Å². The second-order valence-electron chi connectivity index (χ2n) is 4.88. The number of hydrogen-bond acceptors (Lipinski definition) is 4. The van der Waals surface area contributed by atoms with Crippen LogP contribution in [0.25, 0.3) is 0 Å². The zero-order valence-electron chi connectivity index (χ0n) is 13.2. The second-order valence-corrected chi connectivity index (χ2v) is 4.88. The summed E-state index contributed by atoms with van der Waals surface area (Å²) < 4.78 is 5.08. The van der Waals surface area contributed by atoms with Crippen LogP contribution in [-0.4, -0.2) is 18.6 Å². The summed E-state index contributed by atoms with van der Waals surface area (Å²) in [4.78, 5) is 21.6. The van der Waals surface area contributed by atoms with E-state index in [0.717, 1.165) is 31.2 Å². The molecule has 1 N–H and O–H groups in total. The number of amides is 1. The van der Waals surface area contributed by atoms with Crippen LogP contribution in [0.5, 0.6) is 0 Å². The Morgan fingerprint density at radius 1 is 1.00 bits per heavy atom. The maximum absolute atomic E-state index is 11.4. The fourth-order valence-corrected chi connectivity index (χ4v) is 1.89. The summed E-state index contributed by atoms with van der Waals surface area (Å²) >= 11 is 0. The van der Waals surface area contributed by atoms with Crippen molar-refractivity contribution >= 4 is 12.1 Å². The van der Waals surface area contributed by atoms with Gasteiger partial charge in [0.2, 0.25) is 0 Å². The van der Waals surface area contributed by atoms with Crippen molar-refractivity contribution in [3.8, 4) is 0 Å². The minimum absolute atomic E-state index is 0. The molecule has 0 saturated heterocycles. The summed E-state index contributed by atoms with van der Waals surface area (Å²) in [5.41, 5.74) is 0.959. The van der Waals surface area contributed by atoms with Gasteiger partial charge >= 0.3 is 35.7 Å². The first-order valence-electron chi connectivity index (χ1n) is 7.33. The standard InChI is InChI=1S/C16H23NO4.Na/c18-15(19)11-7-2-1-3-8-12-17-16(20)21-13-14-9-5-4-6-10-14;/h4-6,9-10H,1-3,7-8,11-13H2,(H,17,20)(H,18,19);/q;+1/p-1. The molecule has 0 spiro atoms. The molecule has 0 aliphatic carbocycles. The summed E-state index contributed by atoms with van der Waals surface area (Å²) in [6.45, 7) is 0.851. The predicted octanol–water partition coefficient (Wildman–Crippen LogP) is -0.993. The van der Waals surface area contributed by atoms with Crippen molar-refractivity contribution in [1.82, 2.24) is 5.32 Å². The molecule has 1 aromatic carbocycles. The smallest absolute Gasteiger partial charge is 0.550 e. The van der Waals surface area contributed by atoms with Crippen molar-refractivity contribution in [2.45, 2.75) is 45.1 Å². The van der Waals surface area contributed by atoms with Crippen LogP contribution in [0.15, 0.2) is 30.3 Å². The van der Waals surface area contributed by atoms with Crippen LogP contribution in [0.3, 0.4) is 0 Å². The van der Waals surface area contributed by atoms with Crippen LogP contribution in [0, 0.1) is 0 Å². The monoisotopic (exact) mass is 315 g/mol. The molecule has 0 aromatic heterocycles. The van der Waals surface area contributed by atoms with Gasteiger partial charge in [-0.15, -0.1) is 0 Å². The van der Waals surface area contributed by atoms with E-state index in [1.807, 2.05) is 30.3 Å². The number of carboxylic acids is 1. The van der Waals surface area contributed by atoms with Gasteiger partial charge in [0.15, 0.2) is 0 Å². The zero-order chi connectivity index (χ0) is 15.3. The van der Waals surface area contributed by atoms with E-state index in [0.29, 0.717) is 13.0 Å². The van der Waals surface area contributed by atoms with E-state index in [1.54, 1.807) is 0 Å². The van der Waals surface area contributed by atoms with Crippen LogP contribution >= 0.6 is 0 Å².